The summed E-state index contributed by atoms with van der Waals surface area (Å²) in [6, 6.07) is 5.52. The smallest absolute Gasteiger partial charge is 0.387 e. The molecule has 0 aliphatic heterocycles. The van der Waals surface area contributed by atoms with E-state index >= 15 is 0 Å². The van der Waals surface area contributed by atoms with Gasteiger partial charge in [0.2, 0.25) is 0 Å². The van der Waals surface area contributed by atoms with Crippen molar-refractivity contribution in [1.29, 1.82) is 0 Å². The van der Waals surface area contributed by atoms with Crippen molar-refractivity contribution in [2.45, 2.75) is 6.61 Å². The lowest BCUT2D eigenvalue weighted by atomic mass is 10.2. The Kier molecular flexibility index (Phi) is 2.37. The fraction of sp³-hybridized carbons (Fsp3) is 0.100. The molecule has 0 saturated heterocycles. The van der Waals surface area contributed by atoms with Gasteiger partial charge < -0.3 is 9.72 Å². The van der Waals surface area contributed by atoms with E-state index in [2.05, 4.69) is 9.72 Å². The zero-order valence-corrected chi connectivity index (χ0v) is 7.54. The lowest BCUT2D eigenvalue weighted by Gasteiger charge is -2.04. The number of halogens is 2. The van der Waals surface area contributed by atoms with Gasteiger partial charge in [-0.25, -0.2) is 0 Å². The summed E-state index contributed by atoms with van der Waals surface area (Å²) < 4.78 is 28.0. The molecular formula is C10H7F2NO2. The van der Waals surface area contributed by atoms with Crippen molar-refractivity contribution < 1.29 is 13.5 Å². The van der Waals surface area contributed by atoms with Crippen LogP contribution in [0.5, 0.6) is 5.75 Å². The molecule has 2 aromatic rings. The maximum atomic E-state index is 11.9. The van der Waals surface area contributed by atoms with E-state index in [1.165, 1.54) is 30.5 Å². The molecule has 78 valence electrons. The first-order valence-corrected chi connectivity index (χ1v) is 4.23. The molecule has 0 aliphatic carbocycles. The van der Waals surface area contributed by atoms with Crippen molar-refractivity contribution in [3.05, 3.63) is 40.7 Å². The second kappa shape index (κ2) is 3.68. The summed E-state index contributed by atoms with van der Waals surface area (Å²) in [6.45, 7) is -2.86. The van der Waals surface area contributed by atoms with E-state index < -0.39 is 6.61 Å². The van der Waals surface area contributed by atoms with E-state index in [0.29, 0.717) is 10.9 Å². The molecule has 1 heterocycles. The lowest BCUT2D eigenvalue weighted by molar-refractivity contribution is -0.0497. The van der Waals surface area contributed by atoms with Crippen molar-refractivity contribution >= 4 is 10.9 Å². The molecule has 0 bridgehead atoms. The summed E-state index contributed by atoms with van der Waals surface area (Å²) >= 11 is 0. The number of nitrogens with one attached hydrogen (secondary N) is 1. The van der Waals surface area contributed by atoms with E-state index in [1.807, 2.05) is 0 Å². The summed E-state index contributed by atoms with van der Waals surface area (Å²) in [5.41, 5.74) is 0.313. The molecular weight excluding hydrogens is 204 g/mol. The summed E-state index contributed by atoms with van der Waals surface area (Å²) in [6.07, 6.45) is 1.46. The number of hydrogen-bond donors (Lipinski definition) is 1. The summed E-state index contributed by atoms with van der Waals surface area (Å²) in [5, 5.41) is 0.444. The van der Waals surface area contributed by atoms with Crippen LogP contribution in [0.25, 0.3) is 10.9 Å². The van der Waals surface area contributed by atoms with Crippen molar-refractivity contribution in [2.75, 3.05) is 0 Å². The van der Waals surface area contributed by atoms with Crippen LogP contribution in [0.3, 0.4) is 0 Å². The normalized spacial score (nSPS) is 10.9. The number of pyridine rings is 1. The van der Waals surface area contributed by atoms with Crippen LogP contribution in [0.1, 0.15) is 0 Å². The molecule has 1 aromatic carbocycles. The quantitative estimate of drug-likeness (QED) is 0.826. The Labute approximate surface area is 83.3 Å². The molecule has 3 nitrogen and oxygen atoms in total. The average Bonchev–Trinajstić information content (AvgIpc) is 2.17. The van der Waals surface area contributed by atoms with Crippen molar-refractivity contribution in [1.82, 2.24) is 4.98 Å². The molecule has 0 aliphatic rings. The highest BCUT2D eigenvalue weighted by Crippen LogP contribution is 2.18. The Bertz CT molecular complexity index is 536. The summed E-state index contributed by atoms with van der Waals surface area (Å²) in [5.74, 6) is 0.0272. The van der Waals surface area contributed by atoms with Crippen LogP contribution in [-0.2, 0) is 0 Å². The minimum Gasteiger partial charge on any atom is -0.435 e. The first-order chi connectivity index (χ1) is 7.16. The molecule has 0 unspecified atom stereocenters. The van der Waals surface area contributed by atoms with Gasteiger partial charge in [-0.2, -0.15) is 8.78 Å². The van der Waals surface area contributed by atoms with Crippen LogP contribution in [0.4, 0.5) is 8.78 Å². The lowest BCUT2D eigenvalue weighted by Crippen LogP contribution is -2.03. The number of rotatable bonds is 2. The molecule has 1 N–H and O–H groups in total. The van der Waals surface area contributed by atoms with E-state index in [4.69, 9.17) is 0 Å². The van der Waals surface area contributed by atoms with Crippen LogP contribution >= 0.6 is 0 Å². The zero-order chi connectivity index (χ0) is 10.8. The van der Waals surface area contributed by atoms with Gasteiger partial charge in [-0.3, -0.25) is 4.79 Å². The van der Waals surface area contributed by atoms with Crippen LogP contribution in [-0.4, -0.2) is 11.6 Å². The molecule has 15 heavy (non-hydrogen) atoms. The molecule has 0 atom stereocenters. The minimum absolute atomic E-state index is 0.0272. The largest absolute Gasteiger partial charge is 0.435 e. The highest BCUT2D eigenvalue weighted by molar-refractivity contribution is 5.79. The molecule has 0 spiro atoms. The zero-order valence-electron chi connectivity index (χ0n) is 7.54. The van der Waals surface area contributed by atoms with Gasteiger partial charge in [-0.15, -0.1) is 0 Å². The van der Waals surface area contributed by atoms with Gasteiger partial charge >= 0.3 is 6.61 Å². The average molecular weight is 211 g/mol. The monoisotopic (exact) mass is 211 g/mol. The fourth-order valence-corrected chi connectivity index (χ4v) is 1.33. The van der Waals surface area contributed by atoms with Crippen molar-refractivity contribution in [3.8, 4) is 5.75 Å². The maximum Gasteiger partial charge on any atom is 0.387 e. The van der Waals surface area contributed by atoms with E-state index in [9.17, 15) is 13.6 Å². The Hall–Kier alpha value is -1.91. The van der Waals surface area contributed by atoms with Gasteiger partial charge in [0, 0.05) is 23.7 Å². The van der Waals surface area contributed by atoms with Gasteiger partial charge in [0.05, 0.1) is 5.52 Å². The van der Waals surface area contributed by atoms with Gasteiger partial charge in [-0.1, -0.05) is 0 Å². The number of benzene rings is 1. The third-order valence-electron chi connectivity index (χ3n) is 1.96. The second-order valence-electron chi connectivity index (χ2n) is 2.93. The minimum atomic E-state index is -2.86. The molecule has 1 aromatic heterocycles. The third-order valence-corrected chi connectivity index (χ3v) is 1.96. The van der Waals surface area contributed by atoms with E-state index in [-0.39, 0.29) is 11.2 Å². The van der Waals surface area contributed by atoms with Crippen LogP contribution in [0.2, 0.25) is 0 Å². The van der Waals surface area contributed by atoms with Crippen molar-refractivity contribution in [3.63, 3.8) is 0 Å². The van der Waals surface area contributed by atoms with Gasteiger partial charge in [0.25, 0.3) is 0 Å². The Morgan fingerprint density at radius 1 is 1.27 bits per heavy atom. The highest BCUT2D eigenvalue weighted by Gasteiger charge is 2.05. The Morgan fingerprint density at radius 3 is 2.80 bits per heavy atom. The molecule has 5 heteroatoms. The Balaban J connectivity index is 2.52. The number of aromatic amines is 1. The van der Waals surface area contributed by atoms with Gasteiger partial charge in [0.1, 0.15) is 5.75 Å². The van der Waals surface area contributed by atoms with Crippen LogP contribution in [0.15, 0.2) is 35.3 Å². The number of hydrogen-bond acceptors (Lipinski definition) is 2. The molecule has 0 amide bonds. The van der Waals surface area contributed by atoms with Gasteiger partial charge in [-0.05, 0) is 12.1 Å². The highest BCUT2D eigenvalue weighted by atomic mass is 19.3. The van der Waals surface area contributed by atoms with E-state index in [0.717, 1.165) is 0 Å². The number of ether oxygens (including phenoxy) is 1. The fourth-order valence-electron chi connectivity index (χ4n) is 1.33. The summed E-state index contributed by atoms with van der Waals surface area (Å²) in [4.78, 5) is 14.1. The molecule has 0 fully saturated rings. The standard InChI is InChI=1S/C10H7F2NO2/c11-10(12)15-6-1-2-7-8(5-6)13-4-3-9(7)14/h1-5,10H,(H,13,14). The van der Waals surface area contributed by atoms with Crippen LogP contribution < -0.4 is 10.2 Å². The SMILES string of the molecule is O=c1cc[nH]c2cc(OC(F)F)ccc12. The number of alkyl halides is 2. The first-order valence-electron chi connectivity index (χ1n) is 4.23. The predicted octanol–water partition coefficient (Wildman–Crippen LogP) is 2.13. The number of fused-ring (bicyclic) bond motifs is 1. The molecule has 0 saturated carbocycles. The number of aromatic nitrogens is 1. The Morgan fingerprint density at radius 2 is 2.07 bits per heavy atom. The summed E-state index contributed by atoms with van der Waals surface area (Å²) in [7, 11) is 0. The first kappa shape index (κ1) is 9.64. The van der Waals surface area contributed by atoms with Gasteiger partial charge in [0.15, 0.2) is 5.43 Å². The van der Waals surface area contributed by atoms with E-state index in [1.54, 1.807) is 0 Å². The molecule has 2 rings (SSSR count). The predicted molar refractivity (Wildman–Crippen MR) is 51.2 cm³/mol. The third kappa shape index (κ3) is 1.96. The maximum absolute atomic E-state index is 11.9. The van der Waals surface area contributed by atoms with Crippen molar-refractivity contribution in [2.24, 2.45) is 0 Å². The topological polar surface area (TPSA) is 42.1 Å². The van der Waals surface area contributed by atoms with Crippen LogP contribution in [0, 0.1) is 0 Å². The molecule has 0 radical (unpaired) electrons. The number of H-pyrrole nitrogens is 1. The second-order valence-corrected chi connectivity index (χ2v) is 2.93.